The third kappa shape index (κ3) is 1.77. The number of aliphatic hydroxyl groups is 1. The third-order valence-corrected chi connectivity index (χ3v) is 2.18. The largest absolute Gasteiger partial charge is 0.479 e. The molecule has 1 aromatic rings. The van der Waals surface area contributed by atoms with Crippen LogP contribution >= 0.6 is 0 Å². The number of aromatic nitrogens is 1. The Hall–Kier alpha value is -1.36. The van der Waals surface area contributed by atoms with Gasteiger partial charge in [0, 0.05) is 6.07 Å². The predicted molar refractivity (Wildman–Crippen MR) is 47.9 cm³/mol. The van der Waals surface area contributed by atoms with Gasteiger partial charge in [-0.05, 0) is 20.8 Å². The number of aliphatic hydroxyl groups excluding tert-OH is 1. The highest BCUT2D eigenvalue weighted by Crippen LogP contribution is 2.27. The summed E-state index contributed by atoms with van der Waals surface area (Å²) in [7, 11) is 0. The molecule has 0 fully saturated rings. The van der Waals surface area contributed by atoms with Crippen LogP contribution < -0.4 is 0 Å². The minimum absolute atomic E-state index is 0.366. The molecule has 1 aromatic heterocycles. The minimum Gasteiger partial charge on any atom is -0.479 e. The molecule has 14 heavy (non-hydrogen) atoms. The van der Waals surface area contributed by atoms with E-state index < -0.39 is 17.5 Å². The van der Waals surface area contributed by atoms with Gasteiger partial charge in [-0.25, -0.2) is 4.79 Å². The smallest absolute Gasteiger partial charge is 0.333 e. The summed E-state index contributed by atoms with van der Waals surface area (Å²) >= 11 is 0. The lowest BCUT2D eigenvalue weighted by molar-refractivity contribution is -0.150. The van der Waals surface area contributed by atoms with Crippen molar-refractivity contribution in [3.8, 4) is 0 Å². The highest BCUT2D eigenvalue weighted by molar-refractivity contribution is 5.74. The molecule has 2 N–H and O–H groups in total. The van der Waals surface area contributed by atoms with Gasteiger partial charge < -0.3 is 14.7 Å². The van der Waals surface area contributed by atoms with Gasteiger partial charge in [0.15, 0.2) is 6.10 Å². The summed E-state index contributed by atoms with van der Waals surface area (Å²) in [6.07, 6.45) is -1.50. The van der Waals surface area contributed by atoms with Crippen LogP contribution in [0.3, 0.4) is 0 Å². The Labute approximate surface area is 81.3 Å². The summed E-state index contributed by atoms with van der Waals surface area (Å²) in [4.78, 5) is 10.6. The van der Waals surface area contributed by atoms with Crippen molar-refractivity contribution in [2.75, 3.05) is 0 Å². The van der Waals surface area contributed by atoms with Crippen molar-refractivity contribution in [1.29, 1.82) is 0 Å². The maximum absolute atomic E-state index is 10.6. The second-order valence-corrected chi connectivity index (χ2v) is 3.80. The fourth-order valence-corrected chi connectivity index (χ4v) is 1.11. The number of carboxylic acids is 1. The topological polar surface area (TPSA) is 83.6 Å². The molecular weight excluding hydrogens is 186 g/mol. The maximum atomic E-state index is 10.6. The van der Waals surface area contributed by atoms with Gasteiger partial charge in [-0.3, -0.25) is 0 Å². The lowest BCUT2D eigenvalue weighted by Gasteiger charge is -2.24. The standard InChI is InChI=1S/C9H13NO4/c1-5-4-6(14-10-5)9(2,3)7(11)8(12)13/h4,7,11H,1-3H3,(H,12,13). The number of aryl methyl sites for hydroxylation is 1. The van der Waals surface area contributed by atoms with Crippen LogP contribution in [0, 0.1) is 6.92 Å². The number of hydrogen-bond donors (Lipinski definition) is 2. The van der Waals surface area contributed by atoms with E-state index in [0.29, 0.717) is 11.5 Å². The van der Waals surface area contributed by atoms with E-state index >= 15 is 0 Å². The Morgan fingerprint density at radius 1 is 1.64 bits per heavy atom. The van der Waals surface area contributed by atoms with Gasteiger partial charge in [0.2, 0.25) is 0 Å². The summed E-state index contributed by atoms with van der Waals surface area (Å²) in [5.74, 6) is -0.908. The third-order valence-electron chi connectivity index (χ3n) is 2.18. The fraction of sp³-hybridized carbons (Fsp3) is 0.556. The molecule has 1 unspecified atom stereocenters. The van der Waals surface area contributed by atoms with E-state index in [4.69, 9.17) is 9.63 Å². The zero-order valence-electron chi connectivity index (χ0n) is 8.31. The van der Waals surface area contributed by atoms with Crippen LogP contribution in [-0.4, -0.2) is 27.4 Å². The zero-order valence-corrected chi connectivity index (χ0v) is 8.31. The molecule has 5 nitrogen and oxygen atoms in total. The number of nitrogens with zero attached hydrogens (tertiary/aromatic N) is 1. The number of rotatable bonds is 3. The zero-order chi connectivity index (χ0) is 10.9. The number of carboxylic acid groups (broad SMARTS) is 1. The lowest BCUT2D eigenvalue weighted by atomic mass is 9.84. The first kappa shape index (κ1) is 10.7. The van der Waals surface area contributed by atoms with Crippen LogP contribution in [0.25, 0.3) is 0 Å². The predicted octanol–water partition coefficient (Wildman–Crippen LogP) is 0.706. The second kappa shape index (κ2) is 3.42. The monoisotopic (exact) mass is 199 g/mol. The van der Waals surface area contributed by atoms with Crippen LogP contribution in [0.15, 0.2) is 10.6 Å². The molecule has 0 amide bonds. The molecule has 0 saturated heterocycles. The Balaban J connectivity index is 3.01. The molecule has 1 rings (SSSR count). The molecule has 0 spiro atoms. The molecule has 0 radical (unpaired) electrons. The van der Waals surface area contributed by atoms with Crippen molar-refractivity contribution in [2.45, 2.75) is 32.3 Å². The van der Waals surface area contributed by atoms with Crippen molar-refractivity contribution in [2.24, 2.45) is 0 Å². The first-order valence-corrected chi connectivity index (χ1v) is 4.20. The molecule has 1 atom stereocenters. The van der Waals surface area contributed by atoms with Gasteiger partial charge >= 0.3 is 5.97 Å². The molecule has 0 aromatic carbocycles. The first-order chi connectivity index (χ1) is 6.35. The Kier molecular flexibility index (Phi) is 2.62. The van der Waals surface area contributed by atoms with E-state index in [1.165, 1.54) is 0 Å². The SMILES string of the molecule is Cc1cc(C(C)(C)C(O)C(=O)O)on1. The van der Waals surface area contributed by atoms with Crippen molar-refractivity contribution in [3.63, 3.8) is 0 Å². The van der Waals surface area contributed by atoms with E-state index in [2.05, 4.69) is 5.16 Å². The van der Waals surface area contributed by atoms with Gasteiger partial charge in [0.05, 0.1) is 11.1 Å². The van der Waals surface area contributed by atoms with Crippen LogP contribution in [-0.2, 0) is 10.2 Å². The quantitative estimate of drug-likeness (QED) is 0.748. The molecule has 0 bridgehead atoms. The Morgan fingerprint density at radius 3 is 2.57 bits per heavy atom. The van der Waals surface area contributed by atoms with Crippen LogP contribution in [0.4, 0.5) is 0 Å². The molecule has 0 saturated carbocycles. The number of carbonyl (C=O) groups is 1. The molecule has 0 aliphatic rings. The van der Waals surface area contributed by atoms with Crippen molar-refractivity contribution in [1.82, 2.24) is 5.16 Å². The van der Waals surface area contributed by atoms with E-state index in [1.807, 2.05) is 0 Å². The van der Waals surface area contributed by atoms with Crippen LogP contribution in [0.2, 0.25) is 0 Å². The van der Waals surface area contributed by atoms with E-state index in [9.17, 15) is 9.90 Å². The van der Waals surface area contributed by atoms with E-state index in [1.54, 1.807) is 26.8 Å². The summed E-state index contributed by atoms with van der Waals surface area (Å²) in [6, 6.07) is 1.62. The summed E-state index contributed by atoms with van der Waals surface area (Å²) in [6.45, 7) is 4.91. The van der Waals surface area contributed by atoms with Crippen molar-refractivity contribution < 1.29 is 19.5 Å². The molecule has 1 heterocycles. The van der Waals surface area contributed by atoms with Crippen LogP contribution in [0.5, 0.6) is 0 Å². The van der Waals surface area contributed by atoms with Gasteiger partial charge in [-0.15, -0.1) is 0 Å². The molecular formula is C9H13NO4. The highest BCUT2D eigenvalue weighted by atomic mass is 16.5. The summed E-state index contributed by atoms with van der Waals surface area (Å²) in [5, 5.41) is 21.7. The lowest BCUT2D eigenvalue weighted by Crippen LogP contribution is -2.39. The van der Waals surface area contributed by atoms with Crippen LogP contribution in [0.1, 0.15) is 25.3 Å². The normalized spacial score (nSPS) is 14.0. The van der Waals surface area contributed by atoms with Crippen molar-refractivity contribution in [3.05, 3.63) is 17.5 Å². The second-order valence-electron chi connectivity index (χ2n) is 3.80. The first-order valence-electron chi connectivity index (χ1n) is 4.20. The maximum Gasteiger partial charge on any atom is 0.333 e. The number of aliphatic carboxylic acids is 1. The average Bonchev–Trinajstić information content (AvgIpc) is 2.50. The van der Waals surface area contributed by atoms with Gasteiger partial charge in [-0.1, -0.05) is 5.16 Å². The summed E-state index contributed by atoms with van der Waals surface area (Å²) < 4.78 is 4.93. The molecule has 78 valence electrons. The molecule has 0 aliphatic heterocycles. The fourth-order valence-electron chi connectivity index (χ4n) is 1.11. The summed E-state index contributed by atoms with van der Waals surface area (Å²) in [5.41, 5.74) is -0.321. The van der Waals surface area contributed by atoms with Crippen molar-refractivity contribution >= 4 is 5.97 Å². The number of hydrogen-bond acceptors (Lipinski definition) is 4. The van der Waals surface area contributed by atoms with Gasteiger partial charge in [0.25, 0.3) is 0 Å². The average molecular weight is 199 g/mol. The minimum atomic E-state index is -1.50. The molecule has 0 aliphatic carbocycles. The van der Waals surface area contributed by atoms with Gasteiger partial charge in [0.1, 0.15) is 5.76 Å². The Bertz CT molecular complexity index is 342. The Morgan fingerprint density at radius 2 is 2.21 bits per heavy atom. The van der Waals surface area contributed by atoms with Gasteiger partial charge in [-0.2, -0.15) is 0 Å². The highest BCUT2D eigenvalue weighted by Gasteiger charge is 2.38. The van der Waals surface area contributed by atoms with E-state index in [-0.39, 0.29) is 0 Å². The van der Waals surface area contributed by atoms with E-state index in [0.717, 1.165) is 0 Å². The molecule has 5 heteroatoms.